The average Bonchev–Trinajstić information content (AvgIpc) is 2.21. The monoisotopic (exact) mass is 226 g/mol. The van der Waals surface area contributed by atoms with Crippen LogP contribution in [0.2, 0.25) is 5.02 Å². The van der Waals surface area contributed by atoms with Crippen molar-refractivity contribution in [2.75, 3.05) is 13.1 Å². The maximum Gasteiger partial charge on any atom is 0.124 e. The minimum Gasteiger partial charge on any atom is -0.286 e. The van der Waals surface area contributed by atoms with E-state index in [1.165, 1.54) is 12.1 Å². The van der Waals surface area contributed by atoms with Gasteiger partial charge in [-0.25, -0.2) is 4.39 Å². The molecule has 0 saturated heterocycles. The van der Waals surface area contributed by atoms with Crippen LogP contribution in [-0.2, 0) is 6.54 Å². The van der Waals surface area contributed by atoms with Crippen molar-refractivity contribution in [3.05, 3.63) is 34.6 Å². The van der Waals surface area contributed by atoms with E-state index in [0.29, 0.717) is 18.1 Å². The summed E-state index contributed by atoms with van der Waals surface area (Å²) in [6, 6.07) is 6.39. The summed E-state index contributed by atoms with van der Waals surface area (Å²) < 4.78 is 12.8. The van der Waals surface area contributed by atoms with Crippen molar-refractivity contribution in [1.82, 2.24) is 4.90 Å². The Morgan fingerprint density at radius 1 is 1.53 bits per heavy atom. The number of hydrogen-bond donors (Lipinski definition) is 0. The Balaban J connectivity index is 2.75. The quantitative estimate of drug-likeness (QED) is 0.739. The van der Waals surface area contributed by atoms with Crippen LogP contribution in [0.5, 0.6) is 0 Å². The Kier molecular flexibility index (Phi) is 4.54. The summed E-state index contributed by atoms with van der Waals surface area (Å²) in [6.45, 7) is 3.66. The van der Waals surface area contributed by atoms with Crippen molar-refractivity contribution in [2.24, 2.45) is 0 Å². The molecule has 0 fully saturated rings. The van der Waals surface area contributed by atoms with Crippen LogP contribution in [0, 0.1) is 17.1 Å². The molecule has 1 rings (SSSR count). The third kappa shape index (κ3) is 3.50. The first-order chi connectivity index (χ1) is 7.17. The smallest absolute Gasteiger partial charge is 0.124 e. The van der Waals surface area contributed by atoms with E-state index < -0.39 is 0 Å². The molecule has 0 aliphatic rings. The zero-order chi connectivity index (χ0) is 11.3. The number of nitriles is 1. The van der Waals surface area contributed by atoms with Crippen LogP contribution in [-0.4, -0.2) is 18.0 Å². The number of hydrogen-bond acceptors (Lipinski definition) is 2. The molecule has 1 aromatic carbocycles. The van der Waals surface area contributed by atoms with Crippen LogP contribution in [0.3, 0.4) is 0 Å². The summed E-state index contributed by atoms with van der Waals surface area (Å²) in [5.41, 5.74) is 0.843. The van der Waals surface area contributed by atoms with Gasteiger partial charge in [0.15, 0.2) is 0 Å². The number of halogens is 2. The van der Waals surface area contributed by atoms with E-state index in [4.69, 9.17) is 16.9 Å². The number of benzene rings is 1. The van der Waals surface area contributed by atoms with Gasteiger partial charge < -0.3 is 0 Å². The van der Waals surface area contributed by atoms with Gasteiger partial charge in [0.2, 0.25) is 0 Å². The fraction of sp³-hybridized carbons (Fsp3) is 0.364. The summed E-state index contributed by atoms with van der Waals surface area (Å²) in [4.78, 5) is 1.93. The van der Waals surface area contributed by atoms with Gasteiger partial charge >= 0.3 is 0 Å². The predicted octanol–water partition coefficient (Wildman–Crippen LogP) is 2.82. The van der Waals surface area contributed by atoms with E-state index in [2.05, 4.69) is 6.07 Å². The standard InChI is InChI=1S/C11H12ClFN2/c1-2-15(6-5-14)8-9-3-4-10(13)7-11(9)12/h3-4,7H,2,6,8H2,1H3. The molecule has 0 bridgehead atoms. The Morgan fingerprint density at radius 2 is 2.27 bits per heavy atom. The van der Waals surface area contributed by atoms with Crippen LogP contribution in [0.25, 0.3) is 0 Å². The second-order valence-corrected chi connectivity index (χ2v) is 3.60. The minimum absolute atomic E-state index is 0.341. The van der Waals surface area contributed by atoms with Crippen LogP contribution in [0.15, 0.2) is 18.2 Å². The van der Waals surface area contributed by atoms with E-state index >= 15 is 0 Å². The minimum atomic E-state index is -0.341. The summed E-state index contributed by atoms with van der Waals surface area (Å²) >= 11 is 5.88. The maximum absolute atomic E-state index is 12.8. The second kappa shape index (κ2) is 5.69. The molecule has 0 saturated carbocycles. The molecule has 0 aliphatic carbocycles. The van der Waals surface area contributed by atoms with Gasteiger partial charge in [-0.2, -0.15) is 5.26 Å². The molecule has 0 radical (unpaired) electrons. The number of nitrogens with zero attached hydrogens (tertiary/aromatic N) is 2. The molecular weight excluding hydrogens is 215 g/mol. The Labute approximate surface area is 93.9 Å². The second-order valence-electron chi connectivity index (χ2n) is 3.20. The van der Waals surface area contributed by atoms with E-state index in [9.17, 15) is 4.39 Å². The molecular formula is C11H12ClFN2. The van der Waals surface area contributed by atoms with Crippen LogP contribution in [0.1, 0.15) is 12.5 Å². The Morgan fingerprint density at radius 3 is 2.80 bits per heavy atom. The third-order valence-electron chi connectivity index (χ3n) is 2.15. The first-order valence-electron chi connectivity index (χ1n) is 4.70. The van der Waals surface area contributed by atoms with E-state index in [0.717, 1.165) is 12.1 Å². The molecule has 0 amide bonds. The third-order valence-corrected chi connectivity index (χ3v) is 2.50. The molecule has 0 aromatic heterocycles. The molecule has 0 unspecified atom stereocenters. The highest BCUT2D eigenvalue weighted by Crippen LogP contribution is 2.18. The van der Waals surface area contributed by atoms with Crippen molar-refractivity contribution in [1.29, 1.82) is 5.26 Å². The molecule has 0 heterocycles. The fourth-order valence-electron chi connectivity index (χ4n) is 1.27. The average molecular weight is 227 g/mol. The van der Waals surface area contributed by atoms with Crippen molar-refractivity contribution in [3.8, 4) is 6.07 Å². The molecule has 15 heavy (non-hydrogen) atoms. The van der Waals surface area contributed by atoms with E-state index in [1.54, 1.807) is 6.07 Å². The molecule has 4 heteroatoms. The lowest BCUT2D eigenvalue weighted by Crippen LogP contribution is -2.23. The first-order valence-corrected chi connectivity index (χ1v) is 5.08. The SMILES string of the molecule is CCN(CC#N)Cc1ccc(F)cc1Cl. The fourth-order valence-corrected chi connectivity index (χ4v) is 1.50. The Hall–Kier alpha value is -1.11. The zero-order valence-corrected chi connectivity index (χ0v) is 9.26. The van der Waals surface area contributed by atoms with Gasteiger partial charge in [0.25, 0.3) is 0 Å². The van der Waals surface area contributed by atoms with Gasteiger partial charge in [0.1, 0.15) is 5.82 Å². The van der Waals surface area contributed by atoms with Crippen molar-refractivity contribution >= 4 is 11.6 Å². The van der Waals surface area contributed by atoms with Crippen molar-refractivity contribution < 1.29 is 4.39 Å². The van der Waals surface area contributed by atoms with Gasteiger partial charge in [0.05, 0.1) is 12.6 Å². The highest BCUT2D eigenvalue weighted by atomic mass is 35.5. The number of rotatable bonds is 4. The van der Waals surface area contributed by atoms with E-state index in [1.807, 2.05) is 11.8 Å². The summed E-state index contributed by atoms with van der Waals surface area (Å²) in [5.74, 6) is -0.341. The largest absolute Gasteiger partial charge is 0.286 e. The molecule has 1 aromatic rings. The topological polar surface area (TPSA) is 27.0 Å². The van der Waals surface area contributed by atoms with Crippen LogP contribution in [0.4, 0.5) is 4.39 Å². The lowest BCUT2D eigenvalue weighted by molar-refractivity contribution is 0.314. The molecule has 0 atom stereocenters. The Bertz CT molecular complexity index is 373. The van der Waals surface area contributed by atoms with Crippen LogP contribution < -0.4 is 0 Å². The van der Waals surface area contributed by atoms with Crippen molar-refractivity contribution in [3.63, 3.8) is 0 Å². The first kappa shape index (κ1) is 12.0. The maximum atomic E-state index is 12.8. The molecule has 0 N–H and O–H groups in total. The molecule has 0 aliphatic heterocycles. The van der Waals surface area contributed by atoms with Gasteiger partial charge in [-0.05, 0) is 24.2 Å². The summed E-state index contributed by atoms with van der Waals surface area (Å²) in [7, 11) is 0. The summed E-state index contributed by atoms with van der Waals surface area (Å²) in [6.07, 6.45) is 0. The van der Waals surface area contributed by atoms with Gasteiger partial charge in [0, 0.05) is 11.6 Å². The van der Waals surface area contributed by atoms with Crippen LogP contribution >= 0.6 is 11.6 Å². The lowest BCUT2D eigenvalue weighted by atomic mass is 10.2. The van der Waals surface area contributed by atoms with Gasteiger partial charge in [-0.1, -0.05) is 24.6 Å². The van der Waals surface area contributed by atoms with Crippen molar-refractivity contribution in [2.45, 2.75) is 13.5 Å². The lowest BCUT2D eigenvalue weighted by Gasteiger charge is -2.17. The van der Waals surface area contributed by atoms with E-state index in [-0.39, 0.29) is 5.82 Å². The van der Waals surface area contributed by atoms with Gasteiger partial charge in [-0.15, -0.1) is 0 Å². The molecule has 0 spiro atoms. The highest BCUT2D eigenvalue weighted by molar-refractivity contribution is 6.31. The highest BCUT2D eigenvalue weighted by Gasteiger charge is 2.06. The predicted molar refractivity (Wildman–Crippen MR) is 58.0 cm³/mol. The molecule has 80 valence electrons. The molecule has 2 nitrogen and oxygen atoms in total. The normalized spacial score (nSPS) is 10.3. The summed E-state index contributed by atoms with van der Waals surface area (Å²) in [5, 5.41) is 8.98. The zero-order valence-electron chi connectivity index (χ0n) is 8.50. The van der Waals surface area contributed by atoms with Gasteiger partial charge in [-0.3, -0.25) is 4.90 Å².